The average molecular weight is 301 g/mol. The zero-order valence-corrected chi connectivity index (χ0v) is 11.6. The summed E-state index contributed by atoms with van der Waals surface area (Å²) >= 11 is 0. The molecule has 1 aromatic heterocycles. The zero-order valence-electron chi connectivity index (χ0n) is 11.6. The summed E-state index contributed by atoms with van der Waals surface area (Å²) in [5.74, 6) is 0.0462. The smallest absolute Gasteiger partial charge is 0.375 e. The summed E-state index contributed by atoms with van der Waals surface area (Å²) in [6.07, 6.45) is 2.67. The maximum atomic E-state index is 12.6. The highest BCUT2D eigenvalue weighted by atomic mass is 19.4. The zero-order chi connectivity index (χ0) is 14.9. The molecule has 7 heteroatoms. The quantitative estimate of drug-likeness (QED) is 0.909. The normalized spacial score (nSPS) is 25.2. The number of anilines is 1. The van der Waals surface area contributed by atoms with Gasteiger partial charge in [0.1, 0.15) is 5.69 Å². The molecule has 2 fully saturated rings. The molecule has 0 amide bonds. The molecule has 1 atom stereocenters. The molecule has 1 saturated carbocycles. The topological polar surface area (TPSA) is 47.0 Å². The number of alkyl halides is 3. The Balaban J connectivity index is 1.69. The number of nitrogens with one attached hydrogen (secondary N) is 1. The minimum Gasteiger partial charge on any atom is -0.375 e. The van der Waals surface area contributed by atoms with E-state index in [1.54, 1.807) is 0 Å². The van der Waals surface area contributed by atoms with E-state index in [4.69, 9.17) is 4.74 Å². The van der Waals surface area contributed by atoms with E-state index in [0.717, 1.165) is 50.8 Å². The first-order valence-corrected chi connectivity index (χ1v) is 7.28. The van der Waals surface area contributed by atoms with Crippen LogP contribution in [0.2, 0.25) is 0 Å². The van der Waals surface area contributed by atoms with Gasteiger partial charge in [-0.1, -0.05) is 12.8 Å². The van der Waals surface area contributed by atoms with Crippen LogP contribution in [-0.2, 0) is 10.9 Å². The minimum absolute atomic E-state index is 0.0462. The van der Waals surface area contributed by atoms with Crippen LogP contribution in [0.25, 0.3) is 0 Å². The molecule has 2 aliphatic rings. The molecule has 1 aliphatic heterocycles. The third-order valence-electron chi connectivity index (χ3n) is 4.29. The standard InChI is InChI=1S/C14H18F3N3O/c15-14(16,17)11-3-7-18-12(20-11)19-10-4-8-21-13(9-10)5-1-2-6-13/h3,7,10H,1-2,4-6,8-9H2,(H,18,19,20)/t10-/m0/s1. The lowest BCUT2D eigenvalue weighted by Gasteiger charge is -2.38. The average Bonchev–Trinajstić information content (AvgIpc) is 2.86. The van der Waals surface area contributed by atoms with Crippen LogP contribution >= 0.6 is 0 Å². The molecule has 1 saturated heterocycles. The van der Waals surface area contributed by atoms with Crippen LogP contribution < -0.4 is 5.32 Å². The molecule has 1 aromatic rings. The lowest BCUT2D eigenvalue weighted by atomic mass is 9.89. The second-order valence-electron chi connectivity index (χ2n) is 5.84. The Hall–Kier alpha value is -1.37. The summed E-state index contributed by atoms with van der Waals surface area (Å²) < 4.78 is 43.9. The van der Waals surface area contributed by atoms with Gasteiger partial charge in [0.2, 0.25) is 5.95 Å². The van der Waals surface area contributed by atoms with E-state index in [1.165, 1.54) is 0 Å². The lowest BCUT2D eigenvalue weighted by molar-refractivity contribution is -0.141. The Morgan fingerprint density at radius 2 is 2.05 bits per heavy atom. The van der Waals surface area contributed by atoms with Crippen LogP contribution in [0, 0.1) is 0 Å². The highest BCUT2D eigenvalue weighted by Gasteiger charge is 2.40. The van der Waals surface area contributed by atoms with Crippen molar-refractivity contribution in [1.82, 2.24) is 9.97 Å². The predicted molar refractivity (Wildman–Crippen MR) is 70.8 cm³/mol. The van der Waals surface area contributed by atoms with E-state index in [9.17, 15) is 13.2 Å². The molecule has 4 nitrogen and oxygen atoms in total. The molecule has 2 heterocycles. The number of hydrogen-bond donors (Lipinski definition) is 1. The van der Waals surface area contributed by atoms with E-state index in [1.807, 2.05) is 0 Å². The fourth-order valence-corrected chi connectivity index (χ4v) is 3.29. The molecule has 0 radical (unpaired) electrons. The Morgan fingerprint density at radius 3 is 2.76 bits per heavy atom. The van der Waals surface area contributed by atoms with Crippen LogP contribution in [0.3, 0.4) is 0 Å². The van der Waals surface area contributed by atoms with Gasteiger partial charge >= 0.3 is 6.18 Å². The number of nitrogens with zero attached hydrogens (tertiary/aromatic N) is 2. The Bertz CT molecular complexity index is 500. The lowest BCUT2D eigenvalue weighted by Crippen LogP contribution is -2.42. The monoisotopic (exact) mass is 301 g/mol. The van der Waals surface area contributed by atoms with E-state index < -0.39 is 11.9 Å². The fourth-order valence-electron chi connectivity index (χ4n) is 3.29. The number of rotatable bonds is 2. The molecular formula is C14H18F3N3O. The van der Waals surface area contributed by atoms with Crippen molar-refractivity contribution in [3.63, 3.8) is 0 Å². The summed E-state index contributed by atoms with van der Waals surface area (Å²) in [5.41, 5.74) is -1.000. The van der Waals surface area contributed by atoms with Gasteiger partial charge in [-0.25, -0.2) is 9.97 Å². The van der Waals surface area contributed by atoms with Gasteiger partial charge in [0, 0.05) is 18.8 Å². The molecule has 1 aliphatic carbocycles. The molecule has 0 aromatic carbocycles. The van der Waals surface area contributed by atoms with E-state index in [2.05, 4.69) is 15.3 Å². The molecule has 3 rings (SSSR count). The summed E-state index contributed by atoms with van der Waals surface area (Å²) in [6, 6.07) is 0.952. The van der Waals surface area contributed by atoms with Crippen molar-refractivity contribution >= 4 is 5.95 Å². The molecule has 0 unspecified atom stereocenters. The fraction of sp³-hybridized carbons (Fsp3) is 0.714. The largest absolute Gasteiger partial charge is 0.433 e. The van der Waals surface area contributed by atoms with Crippen LogP contribution in [-0.4, -0.2) is 28.2 Å². The van der Waals surface area contributed by atoms with Crippen molar-refractivity contribution in [3.8, 4) is 0 Å². The Morgan fingerprint density at radius 1 is 1.29 bits per heavy atom. The Labute approximate surface area is 121 Å². The molecule has 21 heavy (non-hydrogen) atoms. The van der Waals surface area contributed by atoms with Crippen molar-refractivity contribution < 1.29 is 17.9 Å². The number of hydrogen-bond acceptors (Lipinski definition) is 4. The summed E-state index contributed by atoms with van der Waals surface area (Å²) in [5, 5.41) is 3.04. The first-order valence-electron chi connectivity index (χ1n) is 7.28. The molecule has 0 bridgehead atoms. The molecule has 1 spiro atoms. The maximum absolute atomic E-state index is 12.6. The number of aromatic nitrogens is 2. The van der Waals surface area contributed by atoms with Gasteiger partial charge in [0.15, 0.2) is 0 Å². The predicted octanol–water partition coefficient (Wildman–Crippen LogP) is 3.40. The van der Waals surface area contributed by atoms with E-state index >= 15 is 0 Å². The van der Waals surface area contributed by atoms with Gasteiger partial charge in [0.05, 0.1) is 5.60 Å². The van der Waals surface area contributed by atoms with Crippen molar-refractivity contribution in [2.24, 2.45) is 0 Å². The second kappa shape index (κ2) is 5.44. The first kappa shape index (κ1) is 14.6. The Kier molecular flexibility index (Phi) is 3.77. The highest BCUT2D eigenvalue weighted by Crippen LogP contribution is 2.40. The minimum atomic E-state index is -4.44. The van der Waals surface area contributed by atoms with Crippen LogP contribution in [0.1, 0.15) is 44.2 Å². The van der Waals surface area contributed by atoms with Crippen molar-refractivity contribution in [3.05, 3.63) is 18.0 Å². The number of ether oxygens (including phenoxy) is 1. The van der Waals surface area contributed by atoms with Crippen LogP contribution in [0.4, 0.5) is 19.1 Å². The third-order valence-corrected chi connectivity index (χ3v) is 4.29. The maximum Gasteiger partial charge on any atom is 0.433 e. The van der Waals surface area contributed by atoms with Gasteiger partial charge in [-0.05, 0) is 31.7 Å². The number of halogens is 3. The molecule has 1 N–H and O–H groups in total. The van der Waals surface area contributed by atoms with Crippen molar-refractivity contribution in [2.45, 2.75) is 56.3 Å². The summed E-state index contributed by atoms with van der Waals surface area (Å²) in [7, 11) is 0. The van der Waals surface area contributed by atoms with Crippen molar-refractivity contribution in [2.75, 3.05) is 11.9 Å². The molecular weight excluding hydrogens is 283 g/mol. The van der Waals surface area contributed by atoms with E-state index in [0.29, 0.717) is 6.61 Å². The van der Waals surface area contributed by atoms with Crippen molar-refractivity contribution in [1.29, 1.82) is 0 Å². The SMILES string of the molecule is FC(F)(F)c1ccnc(N[C@H]2CCOC3(CCCC3)C2)n1. The second-order valence-corrected chi connectivity index (χ2v) is 5.84. The molecule has 116 valence electrons. The van der Waals surface area contributed by atoms with Crippen LogP contribution in [0.5, 0.6) is 0 Å². The van der Waals surface area contributed by atoms with Crippen LogP contribution in [0.15, 0.2) is 12.3 Å². The highest BCUT2D eigenvalue weighted by molar-refractivity contribution is 5.28. The van der Waals surface area contributed by atoms with Gasteiger partial charge in [0.25, 0.3) is 0 Å². The third kappa shape index (κ3) is 3.28. The van der Waals surface area contributed by atoms with Gasteiger partial charge in [-0.3, -0.25) is 0 Å². The summed E-state index contributed by atoms with van der Waals surface area (Å²) in [6.45, 7) is 0.636. The first-order chi connectivity index (χ1) is 9.97. The van der Waals surface area contributed by atoms with E-state index in [-0.39, 0.29) is 17.6 Å². The van der Waals surface area contributed by atoms with Gasteiger partial charge in [-0.15, -0.1) is 0 Å². The van der Waals surface area contributed by atoms with Gasteiger partial charge < -0.3 is 10.1 Å². The summed E-state index contributed by atoms with van der Waals surface area (Å²) in [4.78, 5) is 7.46. The van der Waals surface area contributed by atoms with Gasteiger partial charge in [-0.2, -0.15) is 13.2 Å².